The summed E-state index contributed by atoms with van der Waals surface area (Å²) >= 11 is 0. The Bertz CT molecular complexity index is 1010. The minimum atomic E-state index is -2.99. The first-order valence-corrected chi connectivity index (χ1v) is 10.8. The van der Waals surface area contributed by atoms with Crippen molar-refractivity contribution in [1.82, 2.24) is 15.2 Å². The average Bonchev–Trinajstić information content (AvgIpc) is 3.13. The zero-order valence-electron chi connectivity index (χ0n) is 16.2. The summed E-state index contributed by atoms with van der Waals surface area (Å²) in [6.07, 6.45) is 2.09. The van der Waals surface area contributed by atoms with E-state index in [0.29, 0.717) is 12.2 Å². The summed E-state index contributed by atoms with van der Waals surface area (Å²) in [5.74, 6) is 0.551. The Morgan fingerprint density at radius 3 is 2.86 bits per heavy atom. The Hall–Kier alpha value is -2.68. The number of carbonyl (C=O) groups excluding carboxylic acids is 1. The first-order valence-electron chi connectivity index (χ1n) is 9.02. The van der Waals surface area contributed by atoms with Crippen LogP contribution in [0.5, 0.6) is 5.75 Å². The normalized spacial score (nSPS) is 18.5. The highest BCUT2D eigenvalue weighted by Gasteiger charge is 2.31. The van der Waals surface area contributed by atoms with Gasteiger partial charge in [0.05, 0.1) is 29.5 Å². The van der Waals surface area contributed by atoms with E-state index in [1.165, 1.54) is 6.21 Å². The number of aryl methyl sites for hydroxylation is 2. The molecule has 0 aliphatic carbocycles. The lowest BCUT2D eigenvalue weighted by molar-refractivity contribution is -0.123. The monoisotopic (exact) mass is 404 g/mol. The topological polar surface area (TPSA) is 103 Å². The summed E-state index contributed by atoms with van der Waals surface area (Å²) in [4.78, 5) is 11.9. The van der Waals surface area contributed by atoms with Crippen LogP contribution in [0, 0.1) is 20.8 Å². The van der Waals surface area contributed by atoms with E-state index in [-0.39, 0.29) is 30.1 Å². The minimum Gasteiger partial charge on any atom is -0.484 e. The molecule has 1 amide bonds. The number of ether oxygens (including phenoxy) is 1. The Morgan fingerprint density at radius 2 is 2.18 bits per heavy atom. The summed E-state index contributed by atoms with van der Waals surface area (Å²) in [6.45, 7) is 5.51. The van der Waals surface area contributed by atoms with Gasteiger partial charge in [-0.15, -0.1) is 0 Å². The van der Waals surface area contributed by atoms with Crippen molar-refractivity contribution in [3.8, 4) is 5.75 Å². The molecule has 1 fully saturated rings. The third kappa shape index (κ3) is 4.78. The van der Waals surface area contributed by atoms with Crippen molar-refractivity contribution in [3.05, 3.63) is 46.8 Å². The van der Waals surface area contributed by atoms with Gasteiger partial charge in [0.15, 0.2) is 16.4 Å². The Kier molecular flexibility index (Phi) is 5.83. The molecule has 0 spiro atoms. The van der Waals surface area contributed by atoms with Crippen molar-refractivity contribution in [2.75, 3.05) is 18.1 Å². The van der Waals surface area contributed by atoms with Crippen LogP contribution in [0.1, 0.15) is 35.0 Å². The molecule has 9 heteroatoms. The lowest BCUT2D eigenvalue weighted by atomic mass is 10.2. The van der Waals surface area contributed by atoms with Crippen LogP contribution >= 0.6 is 0 Å². The second-order valence-corrected chi connectivity index (χ2v) is 9.21. The third-order valence-corrected chi connectivity index (χ3v) is 6.43. The molecule has 1 N–H and O–H groups in total. The van der Waals surface area contributed by atoms with Gasteiger partial charge in [-0.05, 0) is 44.9 Å². The van der Waals surface area contributed by atoms with Gasteiger partial charge in [-0.1, -0.05) is 12.1 Å². The second kappa shape index (κ2) is 8.14. The number of aromatic nitrogens is 2. The molecular weight excluding hydrogens is 380 g/mol. The molecule has 1 aliphatic heterocycles. The van der Waals surface area contributed by atoms with Gasteiger partial charge < -0.3 is 4.74 Å². The summed E-state index contributed by atoms with van der Waals surface area (Å²) in [5, 5.41) is 8.45. The van der Waals surface area contributed by atoms with Crippen LogP contribution in [-0.2, 0) is 14.6 Å². The first kappa shape index (κ1) is 20.1. The molecule has 1 saturated heterocycles. The lowest BCUT2D eigenvalue weighted by Crippen LogP contribution is -2.24. The van der Waals surface area contributed by atoms with Gasteiger partial charge in [-0.2, -0.15) is 10.2 Å². The molecule has 1 aromatic carbocycles. The summed E-state index contributed by atoms with van der Waals surface area (Å²) < 4.78 is 30.6. The van der Waals surface area contributed by atoms with Gasteiger partial charge in [0.25, 0.3) is 5.91 Å². The van der Waals surface area contributed by atoms with E-state index >= 15 is 0 Å². The van der Waals surface area contributed by atoms with Crippen LogP contribution < -0.4 is 10.2 Å². The average molecular weight is 404 g/mol. The molecule has 2 heterocycles. The van der Waals surface area contributed by atoms with Gasteiger partial charge in [0, 0.05) is 11.3 Å². The Balaban J connectivity index is 1.59. The van der Waals surface area contributed by atoms with Gasteiger partial charge >= 0.3 is 0 Å². The zero-order chi connectivity index (χ0) is 20.3. The summed E-state index contributed by atoms with van der Waals surface area (Å²) in [7, 11) is -2.99. The van der Waals surface area contributed by atoms with Crippen LogP contribution in [0.3, 0.4) is 0 Å². The van der Waals surface area contributed by atoms with E-state index in [0.717, 1.165) is 22.5 Å². The maximum Gasteiger partial charge on any atom is 0.277 e. The number of sulfone groups is 1. The number of hydrazone groups is 1. The molecule has 0 bridgehead atoms. The summed E-state index contributed by atoms with van der Waals surface area (Å²) in [5.41, 5.74) is 5.81. The zero-order valence-corrected chi connectivity index (χ0v) is 17.0. The van der Waals surface area contributed by atoms with Crippen molar-refractivity contribution >= 4 is 22.0 Å². The number of benzene rings is 1. The molecule has 2 aromatic rings. The fraction of sp³-hybridized carbons (Fsp3) is 0.421. The highest BCUT2D eigenvalue weighted by molar-refractivity contribution is 7.91. The van der Waals surface area contributed by atoms with Crippen LogP contribution in [-0.4, -0.2) is 48.4 Å². The van der Waals surface area contributed by atoms with Crippen molar-refractivity contribution in [2.45, 2.75) is 33.2 Å². The fourth-order valence-electron chi connectivity index (χ4n) is 3.24. The van der Waals surface area contributed by atoms with E-state index in [1.54, 1.807) is 10.7 Å². The molecule has 0 radical (unpaired) electrons. The van der Waals surface area contributed by atoms with Crippen molar-refractivity contribution < 1.29 is 17.9 Å². The number of carbonyl (C=O) groups is 1. The smallest absolute Gasteiger partial charge is 0.277 e. The number of nitrogens with one attached hydrogen (secondary N) is 1. The van der Waals surface area contributed by atoms with Crippen LogP contribution in [0.2, 0.25) is 0 Å². The molecule has 1 atom stereocenters. The van der Waals surface area contributed by atoms with Gasteiger partial charge in [-0.3, -0.25) is 9.48 Å². The predicted octanol–water partition coefficient (Wildman–Crippen LogP) is 1.70. The van der Waals surface area contributed by atoms with Crippen LogP contribution in [0.4, 0.5) is 0 Å². The summed E-state index contributed by atoms with van der Waals surface area (Å²) in [6, 6.07) is 7.29. The maximum absolute atomic E-state index is 11.9. The van der Waals surface area contributed by atoms with Crippen molar-refractivity contribution in [2.24, 2.45) is 5.10 Å². The minimum absolute atomic E-state index is 0.110. The van der Waals surface area contributed by atoms with Gasteiger partial charge in [-0.25, -0.2) is 13.8 Å². The molecule has 1 aliphatic rings. The maximum atomic E-state index is 11.9. The number of nitrogens with zero attached hydrogens (tertiary/aromatic N) is 3. The highest BCUT2D eigenvalue weighted by Crippen LogP contribution is 2.26. The SMILES string of the molecule is Cc1cccc(OCC(=O)N/N=C/c2c(C)nn(C3CCS(=O)(=O)C3)c2C)c1. The first-order chi connectivity index (χ1) is 13.2. The third-order valence-electron chi connectivity index (χ3n) is 4.68. The Morgan fingerprint density at radius 1 is 1.39 bits per heavy atom. The number of amides is 1. The van der Waals surface area contributed by atoms with E-state index in [2.05, 4.69) is 15.6 Å². The van der Waals surface area contributed by atoms with E-state index in [4.69, 9.17) is 4.74 Å². The standard InChI is InChI=1S/C19H24N4O4S/c1-13-5-4-6-17(9-13)27-11-19(24)21-20-10-18-14(2)22-23(15(18)3)16-7-8-28(25,26)12-16/h4-6,9-10,16H,7-8,11-12H2,1-3H3,(H,21,24)/b20-10+. The molecule has 28 heavy (non-hydrogen) atoms. The van der Waals surface area contributed by atoms with Gasteiger partial charge in [0.1, 0.15) is 5.75 Å². The van der Waals surface area contributed by atoms with Gasteiger partial charge in [0.2, 0.25) is 0 Å². The molecule has 1 aromatic heterocycles. The highest BCUT2D eigenvalue weighted by atomic mass is 32.2. The fourth-order valence-corrected chi connectivity index (χ4v) is 4.93. The second-order valence-electron chi connectivity index (χ2n) is 6.98. The van der Waals surface area contributed by atoms with Crippen molar-refractivity contribution in [3.63, 3.8) is 0 Å². The lowest BCUT2D eigenvalue weighted by Gasteiger charge is -2.10. The number of rotatable bonds is 6. The molecule has 8 nitrogen and oxygen atoms in total. The Labute approximate surface area is 164 Å². The number of hydrogen-bond donors (Lipinski definition) is 1. The molecule has 0 saturated carbocycles. The van der Waals surface area contributed by atoms with E-state index in [9.17, 15) is 13.2 Å². The molecule has 3 rings (SSSR count). The quantitative estimate of drug-likeness (QED) is 0.583. The predicted molar refractivity (Wildman–Crippen MR) is 106 cm³/mol. The largest absolute Gasteiger partial charge is 0.484 e. The molecule has 150 valence electrons. The van der Waals surface area contributed by atoms with Crippen molar-refractivity contribution in [1.29, 1.82) is 0 Å². The molecular formula is C19H24N4O4S. The van der Waals surface area contributed by atoms with Crippen LogP contribution in [0.25, 0.3) is 0 Å². The van der Waals surface area contributed by atoms with E-state index in [1.807, 2.05) is 39.0 Å². The van der Waals surface area contributed by atoms with E-state index < -0.39 is 9.84 Å². The van der Waals surface area contributed by atoms with Crippen LogP contribution in [0.15, 0.2) is 29.4 Å². The molecule has 1 unspecified atom stereocenters. The number of hydrogen-bond acceptors (Lipinski definition) is 6.